The summed E-state index contributed by atoms with van der Waals surface area (Å²) >= 11 is 0. The van der Waals surface area contributed by atoms with Gasteiger partial charge in [-0.25, -0.2) is 22.3 Å². The lowest BCUT2D eigenvalue weighted by molar-refractivity contribution is 0.0691. The second kappa shape index (κ2) is 6.09. The lowest BCUT2D eigenvalue weighted by Gasteiger charge is -2.13. The molecule has 0 aliphatic carbocycles. The van der Waals surface area contributed by atoms with E-state index in [0.717, 1.165) is 12.1 Å². The number of carbonyl (C=O) groups is 1. The first-order chi connectivity index (χ1) is 8.77. The Morgan fingerprint density at radius 2 is 2.11 bits per heavy atom. The van der Waals surface area contributed by atoms with Gasteiger partial charge in [0, 0.05) is 12.6 Å². The van der Waals surface area contributed by atoms with Crippen LogP contribution >= 0.6 is 0 Å². The van der Waals surface area contributed by atoms with Gasteiger partial charge in [-0.15, -0.1) is 0 Å². The number of rotatable bonds is 6. The topological polar surface area (TPSA) is 104 Å². The molecule has 0 radical (unpaired) electrons. The van der Waals surface area contributed by atoms with Crippen molar-refractivity contribution in [2.75, 3.05) is 6.61 Å². The van der Waals surface area contributed by atoms with Crippen molar-refractivity contribution in [3.05, 3.63) is 29.6 Å². The summed E-state index contributed by atoms with van der Waals surface area (Å²) < 4.78 is 39.3. The molecule has 1 aromatic carbocycles. The maximum atomic E-state index is 13.4. The second-order valence-corrected chi connectivity index (χ2v) is 5.70. The van der Waals surface area contributed by atoms with Gasteiger partial charge in [0.2, 0.25) is 10.0 Å². The molecule has 0 aliphatic rings. The first kappa shape index (κ1) is 15.5. The van der Waals surface area contributed by atoms with E-state index in [1.165, 1.54) is 0 Å². The van der Waals surface area contributed by atoms with Crippen LogP contribution in [0.3, 0.4) is 0 Å². The minimum absolute atomic E-state index is 0.185. The van der Waals surface area contributed by atoms with Crippen molar-refractivity contribution in [3.63, 3.8) is 0 Å². The van der Waals surface area contributed by atoms with Crippen LogP contribution in [0.2, 0.25) is 0 Å². The van der Waals surface area contributed by atoms with Crippen molar-refractivity contribution in [3.8, 4) is 0 Å². The molecule has 106 valence electrons. The van der Waals surface area contributed by atoms with Crippen molar-refractivity contribution in [1.82, 2.24) is 4.72 Å². The monoisotopic (exact) mass is 291 g/mol. The van der Waals surface area contributed by atoms with Gasteiger partial charge in [-0.1, -0.05) is 0 Å². The number of hydrogen-bond donors (Lipinski definition) is 3. The third-order valence-corrected chi connectivity index (χ3v) is 3.99. The fraction of sp³-hybridized carbons (Fsp3) is 0.364. The van der Waals surface area contributed by atoms with Crippen LogP contribution in [0.5, 0.6) is 0 Å². The molecule has 6 nitrogen and oxygen atoms in total. The van der Waals surface area contributed by atoms with E-state index >= 15 is 0 Å². The van der Waals surface area contributed by atoms with Crippen LogP contribution in [0.4, 0.5) is 4.39 Å². The molecule has 1 atom stereocenters. The normalized spacial score (nSPS) is 13.2. The van der Waals surface area contributed by atoms with Crippen LogP contribution in [0.15, 0.2) is 23.1 Å². The van der Waals surface area contributed by atoms with Crippen molar-refractivity contribution in [2.24, 2.45) is 0 Å². The third-order valence-electron chi connectivity index (χ3n) is 2.40. The molecule has 1 rings (SSSR count). The Hall–Kier alpha value is -1.51. The van der Waals surface area contributed by atoms with E-state index in [0.29, 0.717) is 6.07 Å². The quantitative estimate of drug-likeness (QED) is 0.711. The number of nitrogens with one attached hydrogen (secondary N) is 1. The van der Waals surface area contributed by atoms with E-state index in [4.69, 9.17) is 10.2 Å². The van der Waals surface area contributed by atoms with Crippen LogP contribution in [0, 0.1) is 5.82 Å². The SMILES string of the molecule is CC(CCO)NS(=O)(=O)c1ccc(C(=O)O)c(F)c1. The van der Waals surface area contributed by atoms with Crippen LogP contribution < -0.4 is 4.72 Å². The Balaban J connectivity index is 3.03. The average Bonchev–Trinajstić information content (AvgIpc) is 2.27. The number of aromatic carboxylic acids is 1. The van der Waals surface area contributed by atoms with E-state index in [1.807, 2.05) is 0 Å². The number of carboxylic acid groups (broad SMARTS) is 1. The highest BCUT2D eigenvalue weighted by atomic mass is 32.2. The number of aliphatic hydroxyl groups excluding tert-OH is 1. The van der Waals surface area contributed by atoms with Crippen molar-refractivity contribution in [1.29, 1.82) is 0 Å². The fourth-order valence-electron chi connectivity index (χ4n) is 1.42. The van der Waals surface area contributed by atoms with Crippen LogP contribution in [0.25, 0.3) is 0 Å². The van der Waals surface area contributed by atoms with E-state index in [1.54, 1.807) is 6.92 Å². The largest absolute Gasteiger partial charge is 0.478 e. The molecule has 3 N–H and O–H groups in total. The molecule has 0 saturated carbocycles. The highest BCUT2D eigenvalue weighted by Gasteiger charge is 2.20. The molecule has 19 heavy (non-hydrogen) atoms. The Labute approximate surface area is 109 Å². The smallest absolute Gasteiger partial charge is 0.338 e. The van der Waals surface area contributed by atoms with Gasteiger partial charge in [-0.05, 0) is 31.5 Å². The maximum Gasteiger partial charge on any atom is 0.338 e. The second-order valence-electron chi connectivity index (χ2n) is 3.98. The minimum atomic E-state index is -3.94. The van der Waals surface area contributed by atoms with Crippen molar-refractivity contribution < 1.29 is 27.8 Å². The first-order valence-corrected chi connectivity index (χ1v) is 6.92. The summed E-state index contributed by atoms with van der Waals surface area (Å²) in [5.74, 6) is -2.59. The molecule has 1 unspecified atom stereocenters. The van der Waals surface area contributed by atoms with Gasteiger partial charge in [0.25, 0.3) is 0 Å². The molecular weight excluding hydrogens is 277 g/mol. The zero-order valence-electron chi connectivity index (χ0n) is 10.1. The minimum Gasteiger partial charge on any atom is -0.478 e. The highest BCUT2D eigenvalue weighted by Crippen LogP contribution is 2.15. The fourth-order valence-corrected chi connectivity index (χ4v) is 2.71. The molecule has 0 spiro atoms. The van der Waals surface area contributed by atoms with Gasteiger partial charge < -0.3 is 10.2 Å². The van der Waals surface area contributed by atoms with Crippen LogP contribution in [0.1, 0.15) is 23.7 Å². The summed E-state index contributed by atoms with van der Waals surface area (Å²) in [6.07, 6.45) is 0.217. The molecule has 1 aromatic rings. The lowest BCUT2D eigenvalue weighted by atomic mass is 10.2. The van der Waals surface area contributed by atoms with Crippen molar-refractivity contribution in [2.45, 2.75) is 24.3 Å². The molecule has 0 fully saturated rings. The number of sulfonamides is 1. The van der Waals surface area contributed by atoms with E-state index in [9.17, 15) is 17.6 Å². The molecule has 8 heteroatoms. The number of halogens is 1. The third kappa shape index (κ3) is 3.98. The van der Waals surface area contributed by atoms with Gasteiger partial charge in [0.05, 0.1) is 10.5 Å². The number of aliphatic hydroxyl groups is 1. The van der Waals surface area contributed by atoms with Gasteiger partial charge in [0.15, 0.2) is 0 Å². The average molecular weight is 291 g/mol. The highest BCUT2D eigenvalue weighted by molar-refractivity contribution is 7.89. The van der Waals surface area contributed by atoms with Crippen LogP contribution in [-0.4, -0.2) is 37.2 Å². The molecule has 0 aliphatic heterocycles. The molecule has 0 aromatic heterocycles. The molecule has 0 heterocycles. The zero-order valence-corrected chi connectivity index (χ0v) is 10.9. The van der Waals surface area contributed by atoms with Gasteiger partial charge >= 0.3 is 5.97 Å². The van der Waals surface area contributed by atoms with Crippen molar-refractivity contribution >= 4 is 16.0 Å². The Morgan fingerprint density at radius 1 is 1.47 bits per heavy atom. The molecule has 0 saturated heterocycles. The maximum absolute atomic E-state index is 13.4. The standard InChI is InChI=1S/C11H14FNO5S/c1-7(4-5-14)13-19(17,18)8-2-3-9(11(15)16)10(12)6-8/h2-3,6-7,13-14H,4-5H2,1H3,(H,15,16). The van der Waals surface area contributed by atoms with Crippen LogP contribution in [-0.2, 0) is 10.0 Å². The molecule has 0 amide bonds. The predicted octanol–water partition coefficient (Wildman–Crippen LogP) is 0.573. The van der Waals surface area contributed by atoms with Gasteiger partial charge in [-0.3, -0.25) is 0 Å². The predicted molar refractivity (Wildman–Crippen MR) is 64.8 cm³/mol. The number of hydrogen-bond acceptors (Lipinski definition) is 4. The lowest BCUT2D eigenvalue weighted by Crippen LogP contribution is -2.33. The summed E-state index contributed by atoms with van der Waals surface area (Å²) in [4.78, 5) is 10.3. The Bertz CT molecular complexity index is 572. The molecular formula is C11H14FNO5S. The Morgan fingerprint density at radius 3 is 2.58 bits per heavy atom. The van der Waals surface area contributed by atoms with E-state index in [-0.39, 0.29) is 17.9 Å². The van der Waals surface area contributed by atoms with Gasteiger partial charge in [-0.2, -0.15) is 0 Å². The van der Waals surface area contributed by atoms with Gasteiger partial charge in [0.1, 0.15) is 5.82 Å². The molecule has 0 bridgehead atoms. The summed E-state index contributed by atoms with van der Waals surface area (Å²) in [5.41, 5.74) is -0.595. The number of benzene rings is 1. The van der Waals surface area contributed by atoms with E-state index < -0.39 is 33.4 Å². The summed E-state index contributed by atoms with van der Waals surface area (Å²) in [6, 6.07) is 2.04. The van der Waals surface area contributed by atoms with E-state index in [2.05, 4.69) is 4.72 Å². The first-order valence-electron chi connectivity index (χ1n) is 5.44. The number of carboxylic acids is 1. The summed E-state index contributed by atoms with van der Waals surface area (Å²) in [5, 5.41) is 17.3. The zero-order chi connectivity index (χ0) is 14.6. The summed E-state index contributed by atoms with van der Waals surface area (Å²) in [7, 11) is -3.94. The summed E-state index contributed by atoms with van der Waals surface area (Å²) in [6.45, 7) is 1.37. The Kier molecular flexibility index (Phi) is 4.98.